The van der Waals surface area contributed by atoms with E-state index in [1.165, 1.54) is 43.3 Å². The number of hydrogen-bond acceptors (Lipinski definition) is 4. The summed E-state index contributed by atoms with van der Waals surface area (Å²) in [7, 11) is -0.672. The molecule has 1 aliphatic rings. The zero-order valence-electron chi connectivity index (χ0n) is 16.0. The molecule has 3 rings (SSSR count). The standard InChI is InChI=1S/C20H23N3O4S/c1-4-21-19(24)18-13-15-7-5-6-8-17(15)23(18)20(25)14-9-11-16(12-10-14)28(26,27)22(2)3/h5-12,18H,4,13H2,1-3H3,(H,21,24). The van der Waals surface area contributed by atoms with E-state index >= 15 is 0 Å². The van der Waals surface area contributed by atoms with E-state index in [4.69, 9.17) is 0 Å². The van der Waals surface area contributed by atoms with Crippen molar-refractivity contribution < 1.29 is 18.0 Å². The van der Waals surface area contributed by atoms with Crippen molar-refractivity contribution in [3.8, 4) is 0 Å². The molecule has 0 saturated carbocycles. The molecule has 28 heavy (non-hydrogen) atoms. The largest absolute Gasteiger partial charge is 0.355 e. The van der Waals surface area contributed by atoms with Gasteiger partial charge in [0, 0.05) is 38.3 Å². The Bertz CT molecular complexity index is 1000. The highest BCUT2D eigenvalue weighted by molar-refractivity contribution is 7.89. The Morgan fingerprint density at radius 3 is 2.36 bits per heavy atom. The summed E-state index contributed by atoms with van der Waals surface area (Å²) >= 11 is 0. The van der Waals surface area contributed by atoms with Gasteiger partial charge in [-0.15, -0.1) is 0 Å². The Hall–Kier alpha value is -2.71. The van der Waals surface area contributed by atoms with Gasteiger partial charge in [-0.2, -0.15) is 0 Å². The van der Waals surface area contributed by atoms with E-state index in [-0.39, 0.29) is 16.7 Å². The van der Waals surface area contributed by atoms with Gasteiger partial charge in [-0.1, -0.05) is 18.2 Å². The molecule has 7 nitrogen and oxygen atoms in total. The van der Waals surface area contributed by atoms with Crippen LogP contribution in [0.4, 0.5) is 5.69 Å². The highest BCUT2D eigenvalue weighted by Crippen LogP contribution is 2.33. The molecule has 8 heteroatoms. The van der Waals surface area contributed by atoms with Gasteiger partial charge in [0.2, 0.25) is 15.9 Å². The van der Waals surface area contributed by atoms with E-state index in [0.29, 0.717) is 24.2 Å². The lowest BCUT2D eigenvalue weighted by molar-refractivity contribution is -0.122. The lowest BCUT2D eigenvalue weighted by atomic mass is 10.1. The molecule has 0 fully saturated rings. The molecule has 1 aliphatic heterocycles. The molecule has 0 bridgehead atoms. The number of rotatable bonds is 5. The van der Waals surface area contributed by atoms with Gasteiger partial charge in [0.15, 0.2) is 0 Å². The summed E-state index contributed by atoms with van der Waals surface area (Å²) in [5.41, 5.74) is 1.95. The summed E-state index contributed by atoms with van der Waals surface area (Å²) in [6, 6.07) is 12.6. The molecular formula is C20H23N3O4S. The summed E-state index contributed by atoms with van der Waals surface area (Å²) in [6.07, 6.45) is 0.445. The number of carbonyl (C=O) groups excluding carboxylic acids is 2. The first kappa shape index (κ1) is 20.0. The number of sulfonamides is 1. The van der Waals surface area contributed by atoms with Crippen LogP contribution < -0.4 is 10.2 Å². The highest BCUT2D eigenvalue weighted by Gasteiger charge is 2.38. The molecule has 0 saturated heterocycles. The van der Waals surface area contributed by atoms with Gasteiger partial charge < -0.3 is 5.32 Å². The first-order chi connectivity index (χ1) is 13.3. The quantitative estimate of drug-likeness (QED) is 0.825. The molecule has 0 aliphatic carbocycles. The summed E-state index contributed by atoms with van der Waals surface area (Å²) in [5.74, 6) is -0.547. The number of likely N-dealkylation sites (N-methyl/N-ethyl adjacent to an activating group) is 1. The zero-order valence-corrected chi connectivity index (χ0v) is 16.9. The minimum Gasteiger partial charge on any atom is -0.355 e. The molecule has 0 spiro atoms. The topological polar surface area (TPSA) is 86.8 Å². The average Bonchev–Trinajstić information content (AvgIpc) is 3.07. The van der Waals surface area contributed by atoms with E-state index in [0.717, 1.165) is 9.87 Å². The van der Waals surface area contributed by atoms with Crippen molar-refractivity contribution in [2.75, 3.05) is 25.5 Å². The summed E-state index contributed by atoms with van der Waals surface area (Å²) < 4.78 is 25.6. The molecule has 1 atom stereocenters. The fourth-order valence-electron chi connectivity index (χ4n) is 3.26. The molecular weight excluding hydrogens is 378 g/mol. The number of amides is 2. The van der Waals surface area contributed by atoms with E-state index in [2.05, 4.69) is 5.32 Å². The Labute approximate surface area is 165 Å². The zero-order chi connectivity index (χ0) is 20.5. The van der Waals surface area contributed by atoms with Gasteiger partial charge in [0.05, 0.1) is 4.90 Å². The summed E-state index contributed by atoms with van der Waals surface area (Å²) in [4.78, 5) is 27.3. The Kier molecular flexibility index (Phi) is 5.53. The maximum Gasteiger partial charge on any atom is 0.259 e. The van der Waals surface area contributed by atoms with Crippen molar-refractivity contribution in [2.45, 2.75) is 24.3 Å². The van der Waals surface area contributed by atoms with Crippen LogP contribution in [-0.2, 0) is 21.2 Å². The van der Waals surface area contributed by atoms with Gasteiger partial charge in [0.1, 0.15) is 6.04 Å². The number of hydrogen-bond donors (Lipinski definition) is 1. The predicted octanol–water partition coefficient (Wildman–Crippen LogP) is 1.64. The average molecular weight is 401 g/mol. The van der Waals surface area contributed by atoms with Gasteiger partial charge in [-0.3, -0.25) is 14.5 Å². The first-order valence-corrected chi connectivity index (χ1v) is 10.4. The molecule has 2 aromatic carbocycles. The molecule has 1 N–H and O–H groups in total. The van der Waals surface area contributed by atoms with Crippen molar-refractivity contribution in [3.63, 3.8) is 0 Å². The van der Waals surface area contributed by atoms with Crippen molar-refractivity contribution in [3.05, 3.63) is 59.7 Å². The third kappa shape index (κ3) is 3.53. The van der Waals surface area contributed by atoms with Crippen LogP contribution in [0.1, 0.15) is 22.8 Å². The molecule has 148 valence electrons. The maximum absolute atomic E-state index is 13.2. The second-order valence-electron chi connectivity index (χ2n) is 6.73. The van der Waals surface area contributed by atoms with Crippen molar-refractivity contribution in [1.29, 1.82) is 0 Å². The molecule has 2 amide bonds. The Morgan fingerprint density at radius 2 is 1.75 bits per heavy atom. The third-order valence-electron chi connectivity index (χ3n) is 4.73. The smallest absolute Gasteiger partial charge is 0.259 e. The maximum atomic E-state index is 13.2. The molecule has 0 aromatic heterocycles. The van der Waals surface area contributed by atoms with Crippen LogP contribution in [0.15, 0.2) is 53.4 Å². The number of anilines is 1. The van der Waals surface area contributed by atoms with E-state index < -0.39 is 16.1 Å². The van der Waals surface area contributed by atoms with Gasteiger partial charge in [0.25, 0.3) is 5.91 Å². The van der Waals surface area contributed by atoms with E-state index in [1.54, 1.807) is 0 Å². The molecule has 1 unspecified atom stereocenters. The second-order valence-corrected chi connectivity index (χ2v) is 8.88. The number of fused-ring (bicyclic) bond motifs is 1. The van der Waals surface area contributed by atoms with Gasteiger partial charge in [-0.25, -0.2) is 12.7 Å². The van der Waals surface area contributed by atoms with Gasteiger partial charge >= 0.3 is 0 Å². The first-order valence-electron chi connectivity index (χ1n) is 8.99. The van der Waals surface area contributed by atoms with E-state index in [1.807, 2.05) is 31.2 Å². The number of benzene rings is 2. The van der Waals surface area contributed by atoms with Gasteiger partial charge in [-0.05, 0) is 42.8 Å². The Balaban J connectivity index is 1.96. The summed E-state index contributed by atoms with van der Waals surface area (Å²) in [5, 5.41) is 2.78. The third-order valence-corrected chi connectivity index (χ3v) is 6.56. The summed E-state index contributed by atoms with van der Waals surface area (Å²) in [6.45, 7) is 2.31. The fourth-order valence-corrected chi connectivity index (χ4v) is 4.16. The minimum absolute atomic E-state index is 0.108. The molecule has 0 radical (unpaired) electrons. The number of para-hydroxylation sites is 1. The second kappa shape index (κ2) is 7.73. The molecule has 2 aromatic rings. The number of carbonyl (C=O) groups is 2. The SMILES string of the molecule is CCNC(=O)C1Cc2ccccc2N1C(=O)c1ccc(S(=O)(=O)N(C)C)cc1. The monoisotopic (exact) mass is 401 g/mol. The normalized spacial score (nSPS) is 16.1. The Morgan fingerprint density at radius 1 is 1.11 bits per heavy atom. The van der Waals surface area contributed by atoms with Crippen LogP contribution in [-0.4, -0.2) is 51.2 Å². The number of nitrogens with zero attached hydrogens (tertiary/aromatic N) is 2. The predicted molar refractivity (Wildman–Crippen MR) is 107 cm³/mol. The van der Waals surface area contributed by atoms with Crippen LogP contribution in [0.5, 0.6) is 0 Å². The highest BCUT2D eigenvalue weighted by atomic mass is 32.2. The van der Waals surface area contributed by atoms with Crippen LogP contribution in [0.25, 0.3) is 0 Å². The van der Waals surface area contributed by atoms with Crippen LogP contribution in [0, 0.1) is 0 Å². The molecule has 1 heterocycles. The lowest BCUT2D eigenvalue weighted by Crippen LogP contribution is -2.48. The van der Waals surface area contributed by atoms with Crippen molar-refractivity contribution in [1.82, 2.24) is 9.62 Å². The number of nitrogens with one attached hydrogen (secondary N) is 1. The van der Waals surface area contributed by atoms with Crippen molar-refractivity contribution in [2.24, 2.45) is 0 Å². The minimum atomic E-state index is -3.57. The van der Waals surface area contributed by atoms with E-state index in [9.17, 15) is 18.0 Å². The van der Waals surface area contributed by atoms with Crippen molar-refractivity contribution >= 4 is 27.5 Å². The fraction of sp³-hybridized carbons (Fsp3) is 0.300. The lowest BCUT2D eigenvalue weighted by Gasteiger charge is -2.25. The van der Waals surface area contributed by atoms with Crippen LogP contribution in [0.3, 0.4) is 0 Å². The van der Waals surface area contributed by atoms with Crippen LogP contribution >= 0.6 is 0 Å². The van der Waals surface area contributed by atoms with Crippen LogP contribution in [0.2, 0.25) is 0 Å².